The maximum Gasteiger partial charge on any atom is 0.330 e. The van der Waals surface area contributed by atoms with Gasteiger partial charge in [0.15, 0.2) is 0 Å². The van der Waals surface area contributed by atoms with Gasteiger partial charge in [0.2, 0.25) is 0 Å². The van der Waals surface area contributed by atoms with Gasteiger partial charge in [-0.05, 0) is 26.7 Å². The molecule has 0 spiro atoms. The Labute approximate surface area is 105 Å². The summed E-state index contributed by atoms with van der Waals surface area (Å²) < 4.78 is 27.7. The van der Waals surface area contributed by atoms with E-state index < -0.39 is 7.60 Å². The van der Waals surface area contributed by atoms with Gasteiger partial charge in [0, 0.05) is 0 Å². The van der Waals surface area contributed by atoms with Crippen LogP contribution in [0.25, 0.3) is 0 Å². The van der Waals surface area contributed by atoms with Crippen LogP contribution in [0.2, 0.25) is 0 Å². The Morgan fingerprint density at radius 1 is 1.12 bits per heavy atom. The first-order valence-corrected chi connectivity index (χ1v) is 8.42. The lowest BCUT2D eigenvalue weighted by atomic mass is 10.1. The average Bonchev–Trinajstić information content (AvgIpc) is 3.08. The maximum absolute atomic E-state index is 12.1. The van der Waals surface area contributed by atoms with E-state index in [4.69, 9.17) is 13.8 Å². The van der Waals surface area contributed by atoms with E-state index in [-0.39, 0.29) is 0 Å². The molecular formula is C12H25O4P. The van der Waals surface area contributed by atoms with Gasteiger partial charge in [0.25, 0.3) is 0 Å². The smallest absolute Gasteiger partial charge is 0.330 e. The molecule has 1 rings (SSSR count). The van der Waals surface area contributed by atoms with Gasteiger partial charge in [-0.25, -0.2) is 0 Å². The first kappa shape index (κ1) is 15.2. The summed E-state index contributed by atoms with van der Waals surface area (Å²) in [5.41, 5.74) is 0. The Balaban J connectivity index is 2.02. The van der Waals surface area contributed by atoms with Crippen molar-refractivity contribution >= 4 is 7.60 Å². The monoisotopic (exact) mass is 264 g/mol. The van der Waals surface area contributed by atoms with Crippen LogP contribution in [0.1, 0.15) is 46.0 Å². The van der Waals surface area contributed by atoms with Crippen LogP contribution in [0.3, 0.4) is 0 Å². The van der Waals surface area contributed by atoms with Crippen molar-refractivity contribution in [1.29, 1.82) is 0 Å². The molecule has 0 saturated carbocycles. The van der Waals surface area contributed by atoms with Crippen molar-refractivity contribution < 1.29 is 18.3 Å². The maximum atomic E-state index is 12.1. The number of ether oxygens (including phenoxy) is 1. The third-order valence-corrected chi connectivity index (χ3v) is 4.93. The molecule has 1 aliphatic heterocycles. The zero-order valence-corrected chi connectivity index (χ0v) is 11.9. The molecule has 0 N–H and O–H groups in total. The van der Waals surface area contributed by atoms with Crippen molar-refractivity contribution in [2.24, 2.45) is 0 Å². The van der Waals surface area contributed by atoms with Crippen LogP contribution in [0.5, 0.6) is 0 Å². The fourth-order valence-electron chi connectivity index (χ4n) is 1.83. The molecule has 0 aromatic carbocycles. The van der Waals surface area contributed by atoms with Gasteiger partial charge < -0.3 is 13.8 Å². The average molecular weight is 264 g/mol. The van der Waals surface area contributed by atoms with Crippen molar-refractivity contribution in [2.45, 2.75) is 52.1 Å². The molecule has 1 heterocycles. The zero-order valence-electron chi connectivity index (χ0n) is 11.0. The van der Waals surface area contributed by atoms with Crippen molar-refractivity contribution in [3.05, 3.63) is 0 Å². The molecule has 0 aromatic rings. The second kappa shape index (κ2) is 8.25. The molecule has 0 aromatic heterocycles. The standard InChI is InChI=1S/C12H25O4P/c1-3-15-17(13,16-4-2)10-8-6-5-7-9-12-11-14-12/h12H,3-11H2,1-2H3. The van der Waals surface area contributed by atoms with E-state index in [9.17, 15) is 4.57 Å². The van der Waals surface area contributed by atoms with Gasteiger partial charge in [-0.1, -0.05) is 19.3 Å². The van der Waals surface area contributed by atoms with Gasteiger partial charge in [0.1, 0.15) is 0 Å². The van der Waals surface area contributed by atoms with Crippen LogP contribution in [0.15, 0.2) is 0 Å². The number of hydrogen-bond acceptors (Lipinski definition) is 4. The molecule has 102 valence electrons. The molecule has 0 amide bonds. The van der Waals surface area contributed by atoms with Crippen LogP contribution in [0.4, 0.5) is 0 Å². The predicted molar refractivity (Wildman–Crippen MR) is 68.6 cm³/mol. The van der Waals surface area contributed by atoms with Crippen LogP contribution in [0, 0.1) is 0 Å². The van der Waals surface area contributed by atoms with Crippen molar-refractivity contribution in [3.63, 3.8) is 0 Å². The topological polar surface area (TPSA) is 48.1 Å². The molecule has 0 aliphatic carbocycles. The minimum atomic E-state index is -2.80. The quantitative estimate of drug-likeness (QED) is 0.325. The predicted octanol–water partition coefficient (Wildman–Crippen LogP) is 3.60. The zero-order chi connectivity index (χ0) is 12.6. The van der Waals surface area contributed by atoms with E-state index in [1.165, 1.54) is 19.3 Å². The normalized spacial score (nSPS) is 19.5. The second-order valence-electron chi connectivity index (χ2n) is 4.33. The third kappa shape index (κ3) is 7.20. The van der Waals surface area contributed by atoms with Crippen LogP contribution >= 0.6 is 7.60 Å². The van der Waals surface area contributed by atoms with E-state index >= 15 is 0 Å². The van der Waals surface area contributed by atoms with Crippen LogP contribution < -0.4 is 0 Å². The molecule has 1 aliphatic rings. The van der Waals surface area contributed by atoms with E-state index in [2.05, 4.69) is 0 Å². The Morgan fingerprint density at radius 3 is 2.24 bits per heavy atom. The number of unbranched alkanes of at least 4 members (excludes halogenated alkanes) is 3. The van der Waals surface area contributed by atoms with Gasteiger partial charge in [0.05, 0.1) is 32.1 Å². The summed E-state index contributed by atoms with van der Waals surface area (Å²) >= 11 is 0. The highest BCUT2D eigenvalue weighted by atomic mass is 31.2. The van der Waals surface area contributed by atoms with Crippen LogP contribution in [-0.2, 0) is 18.3 Å². The van der Waals surface area contributed by atoms with Crippen molar-refractivity contribution in [2.75, 3.05) is 26.0 Å². The van der Waals surface area contributed by atoms with Gasteiger partial charge >= 0.3 is 7.60 Å². The number of rotatable bonds is 11. The first-order valence-electron chi connectivity index (χ1n) is 6.70. The molecule has 4 nitrogen and oxygen atoms in total. The molecule has 1 atom stereocenters. The SMILES string of the molecule is CCOP(=O)(CCCCCCC1CO1)OCC. The molecule has 1 saturated heterocycles. The first-order chi connectivity index (χ1) is 8.20. The Bertz CT molecular complexity index is 231. The lowest BCUT2D eigenvalue weighted by Crippen LogP contribution is -2.00. The molecule has 1 fully saturated rings. The summed E-state index contributed by atoms with van der Waals surface area (Å²) in [4.78, 5) is 0. The Morgan fingerprint density at radius 2 is 1.71 bits per heavy atom. The fourth-order valence-corrected chi connectivity index (χ4v) is 3.56. The Kier molecular flexibility index (Phi) is 7.36. The summed E-state index contributed by atoms with van der Waals surface area (Å²) in [6.45, 7) is 5.55. The summed E-state index contributed by atoms with van der Waals surface area (Å²) in [5.74, 6) is 0. The Hall–Kier alpha value is 0.110. The van der Waals surface area contributed by atoms with E-state index in [1.807, 2.05) is 13.8 Å². The summed E-state index contributed by atoms with van der Waals surface area (Å²) in [5, 5.41) is 0. The molecule has 0 radical (unpaired) electrons. The summed E-state index contributed by atoms with van der Waals surface area (Å²) in [7, 11) is -2.80. The minimum Gasteiger partial charge on any atom is -0.373 e. The molecular weight excluding hydrogens is 239 g/mol. The highest BCUT2D eigenvalue weighted by Gasteiger charge is 2.23. The largest absolute Gasteiger partial charge is 0.373 e. The molecule has 17 heavy (non-hydrogen) atoms. The molecule has 1 unspecified atom stereocenters. The lowest BCUT2D eigenvalue weighted by molar-refractivity contribution is 0.219. The number of epoxide rings is 1. The third-order valence-electron chi connectivity index (χ3n) is 2.76. The van der Waals surface area contributed by atoms with Crippen molar-refractivity contribution in [1.82, 2.24) is 0 Å². The fraction of sp³-hybridized carbons (Fsp3) is 1.00. The molecule has 0 bridgehead atoms. The van der Waals surface area contributed by atoms with Gasteiger partial charge in [-0.3, -0.25) is 4.57 Å². The summed E-state index contributed by atoms with van der Waals surface area (Å²) in [6, 6.07) is 0. The lowest BCUT2D eigenvalue weighted by Gasteiger charge is -2.16. The minimum absolute atomic E-state index is 0.455. The molecule has 5 heteroatoms. The van der Waals surface area contributed by atoms with Gasteiger partial charge in [-0.15, -0.1) is 0 Å². The van der Waals surface area contributed by atoms with Gasteiger partial charge in [-0.2, -0.15) is 0 Å². The van der Waals surface area contributed by atoms with E-state index in [0.29, 0.717) is 25.5 Å². The highest BCUT2D eigenvalue weighted by Crippen LogP contribution is 2.48. The van der Waals surface area contributed by atoms with Crippen molar-refractivity contribution in [3.8, 4) is 0 Å². The van der Waals surface area contributed by atoms with Crippen LogP contribution in [-0.4, -0.2) is 32.1 Å². The highest BCUT2D eigenvalue weighted by molar-refractivity contribution is 7.53. The van der Waals surface area contributed by atoms with E-state index in [1.54, 1.807) is 0 Å². The van der Waals surface area contributed by atoms with E-state index in [0.717, 1.165) is 19.4 Å². The summed E-state index contributed by atoms with van der Waals surface area (Å²) in [6.07, 6.45) is 6.66. The second-order valence-corrected chi connectivity index (χ2v) is 6.51. The number of hydrogen-bond donors (Lipinski definition) is 0.